The van der Waals surface area contributed by atoms with E-state index in [0.717, 1.165) is 38.3 Å². The number of rotatable bonds is 3. The minimum Gasteiger partial charge on any atom is -0.299 e. The molecule has 0 aromatic rings. The van der Waals surface area contributed by atoms with Crippen molar-refractivity contribution in [3.63, 3.8) is 0 Å². The zero-order chi connectivity index (χ0) is 10.1. The van der Waals surface area contributed by atoms with Crippen molar-refractivity contribution in [1.29, 1.82) is 0 Å². The van der Waals surface area contributed by atoms with Crippen LogP contribution in [0.25, 0.3) is 0 Å². The normalized spacial score (nSPS) is 35.6. The monoisotopic (exact) mass is 194 g/mol. The molecule has 3 saturated heterocycles. The summed E-state index contributed by atoms with van der Waals surface area (Å²) in [5.74, 6) is 0.349. The van der Waals surface area contributed by atoms with Crippen LogP contribution in [0, 0.1) is 0 Å². The predicted octanol–water partition coefficient (Wildman–Crippen LogP) is 0.522. The molecule has 1 unspecified atom stereocenters. The molecular weight excluding hydrogens is 176 g/mol. The summed E-state index contributed by atoms with van der Waals surface area (Å²) in [5.41, 5.74) is 0.979. The molecule has 0 spiro atoms. The van der Waals surface area contributed by atoms with E-state index in [-0.39, 0.29) is 6.04 Å². The molecule has 0 aliphatic carbocycles. The molecule has 3 heterocycles. The summed E-state index contributed by atoms with van der Waals surface area (Å²) in [6.45, 7) is 11.1. The third-order valence-electron chi connectivity index (χ3n) is 3.13. The maximum absolute atomic E-state index is 11.9. The lowest BCUT2D eigenvalue weighted by molar-refractivity contribution is -0.128. The van der Waals surface area contributed by atoms with Gasteiger partial charge in [-0.2, -0.15) is 0 Å². The summed E-state index contributed by atoms with van der Waals surface area (Å²) >= 11 is 0. The van der Waals surface area contributed by atoms with Gasteiger partial charge in [0, 0.05) is 39.1 Å². The average Bonchev–Trinajstić information content (AvgIpc) is 2.18. The van der Waals surface area contributed by atoms with Gasteiger partial charge >= 0.3 is 0 Å². The Balaban J connectivity index is 1.97. The van der Waals surface area contributed by atoms with Crippen molar-refractivity contribution in [3.05, 3.63) is 12.2 Å². The third kappa shape index (κ3) is 1.88. The second-order valence-electron chi connectivity index (χ2n) is 4.45. The summed E-state index contributed by atoms with van der Waals surface area (Å²) in [7, 11) is 0. The maximum Gasteiger partial charge on any atom is 0.155 e. The number of nitrogens with zero attached hydrogens (tertiary/aromatic N) is 2. The van der Waals surface area contributed by atoms with Crippen LogP contribution in [0.2, 0.25) is 0 Å². The Hall–Kier alpha value is -0.670. The molecule has 0 aromatic heterocycles. The van der Waals surface area contributed by atoms with Crippen LogP contribution >= 0.6 is 0 Å². The number of carbonyl (C=O) groups excluding carboxylic acids is 1. The zero-order valence-electron chi connectivity index (χ0n) is 8.83. The fourth-order valence-corrected chi connectivity index (χ4v) is 2.34. The highest BCUT2D eigenvalue weighted by Gasteiger charge is 2.35. The maximum atomic E-state index is 11.9. The molecule has 78 valence electrons. The van der Waals surface area contributed by atoms with Gasteiger partial charge in [-0.3, -0.25) is 14.6 Å². The minimum absolute atomic E-state index is 0.147. The van der Waals surface area contributed by atoms with Gasteiger partial charge in [-0.1, -0.05) is 12.2 Å². The molecule has 14 heavy (non-hydrogen) atoms. The first-order chi connectivity index (χ1) is 6.66. The van der Waals surface area contributed by atoms with Crippen molar-refractivity contribution in [1.82, 2.24) is 9.80 Å². The second kappa shape index (κ2) is 3.83. The third-order valence-corrected chi connectivity index (χ3v) is 3.13. The first-order valence-electron chi connectivity index (χ1n) is 5.30. The van der Waals surface area contributed by atoms with Crippen LogP contribution in [-0.4, -0.2) is 54.3 Å². The fraction of sp³-hybridized carbons (Fsp3) is 0.727. The highest BCUT2D eigenvalue weighted by Crippen LogP contribution is 2.18. The lowest BCUT2D eigenvalue weighted by Crippen LogP contribution is -2.63. The Bertz CT molecular complexity index is 254. The number of piperazine rings is 3. The van der Waals surface area contributed by atoms with E-state index in [2.05, 4.69) is 16.4 Å². The van der Waals surface area contributed by atoms with Gasteiger partial charge in [-0.15, -0.1) is 0 Å². The van der Waals surface area contributed by atoms with Crippen molar-refractivity contribution in [2.75, 3.05) is 32.7 Å². The van der Waals surface area contributed by atoms with E-state index in [1.165, 1.54) is 0 Å². The summed E-state index contributed by atoms with van der Waals surface area (Å²) in [5, 5.41) is 0. The van der Waals surface area contributed by atoms with Crippen molar-refractivity contribution >= 4 is 5.78 Å². The number of hydrogen-bond donors (Lipinski definition) is 0. The van der Waals surface area contributed by atoms with E-state index in [4.69, 9.17) is 0 Å². The smallest absolute Gasteiger partial charge is 0.155 e. The van der Waals surface area contributed by atoms with Gasteiger partial charge in [0.2, 0.25) is 0 Å². The largest absolute Gasteiger partial charge is 0.299 e. The molecule has 2 bridgehead atoms. The summed E-state index contributed by atoms with van der Waals surface area (Å²) in [4.78, 5) is 16.6. The molecule has 0 saturated carbocycles. The molecule has 3 heteroatoms. The Morgan fingerprint density at radius 1 is 1.36 bits per heavy atom. The van der Waals surface area contributed by atoms with Crippen LogP contribution in [0.3, 0.4) is 0 Å². The first kappa shape index (κ1) is 9.87. The van der Waals surface area contributed by atoms with E-state index >= 15 is 0 Å². The van der Waals surface area contributed by atoms with Gasteiger partial charge in [-0.25, -0.2) is 0 Å². The Morgan fingerprint density at radius 3 is 2.43 bits per heavy atom. The quantitative estimate of drug-likeness (QED) is 0.612. The Labute approximate surface area is 85.4 Å². The number of Topliss-reactive ketones (excluding diaryl/α,β-unsaturated/α-hetero) is 1. The van der Waals surface area contributed by atoms with E-state index in [1.54, 1.807) is 0 Å². The van der Waals surface area contributed by atoms with Crippen LogP contribution in [-0.2, 0) is 4.79 Å². The van der Waals surface area contributed by atoms with Crippen molar-refractivity contribution < 1.29 is 4.79 Å². The molecule has 3 rings (SSSR count). The SMILES string of the molecule is C=C(C)CC(=O)C1CN2CCN1CC2. The molecular formula is C11H18N2O. The van der Waals surface area contributed by atoms with Crippen LogP contribution < -0.4 is 0 Å². The number of allylic oxidation sites excluding steroid dienone is 1. The molecule has 3 fully saturated rings. The molecule has 3 nitrogen and oxygen atoms in total. The highest BCUT2D eigenvalue weighted by molar-refractivity contribution is 5.86. The zero-order valence-corrected chi connectivity index (χ0v) is 8.83. The summed E-state index contributed by atoms with van der Waals surface area (Å²) in [6.07, 6.45) is 0.551. The van der Waals surface area contributed by atoms with Crippen molar-refractivity contribution in [2.45, 2.75) is 19.4 Å². The van der Waals surface area contributed by atoms with Gasteiger partial charge in [0.25, 0.3) is 0 Å². The fourth-order valence-electron chi connectivity index (χ4n) is 2.34. The van der Waals surface area contributed by atoms with E-state index in [0.29, 0.717) is 12.2 Å². The summed E-state index contributed by atoms with van der Waals surface area (Å²) < 4.78 is 0. The van der Waals surface area contributed by atoms with Crippen LogP contribution in [0.15, 0.2) is 12.2 Å². The van der Waals surface area contributed by atoms with Crippen molar-refractivity contribution in [3.8, 4) is 0 Å². The molecule has 0 N–H and O–H groups in total. The van der Waals surface area contributed by atoms with Gasteiger partial charge in [-0.05, 0) is 6.92 Å². The minimum atomic E-state index is 0.147. The lowest BCUT2D eigenvalue weighted by Gasteiger charge is -2.46. The average molecular weight is 194 g/mol. The number of hydrogen-bond acceptors (Lipinski definition) is 3. The first-order valence-corrected chi connectivity index (χ1v) is 5.30. The molecule has 1 atom stereocenters. The van der Waals surface area contributed by atoms with Crippen LogP contribution in [0.5, 0.6) is 0 Å². The van der Waals surface area contributed by atoms with E-state index < -0.39 is 0 Å². The predicted molar refractivity (Wildman–Crippen MR) is 56.2 cm³/mol. The standard InChI is InChI=1S/C11H18N2O/c1-9(2)7-11(14)10-8-12-3-5-13(10)6-4-12/h10H,1,3-8H2,2H3. The van der Waals surface area contributed by atoms with Gasteiger partial charge in [0.15, 0.2) is 5.78 Å². The van der Waals surface area contributed by atoms with Crippen molar-refractivity contribution in [2.24, 2.45) is 0 Å². The van der Waals surface area contributed by atoms with Gasteiger partial charge < -0.3 is 0 Å². The second-order valence-corrected chi connectivity index (χ2v) is 4.45. The Morgan fingerprint density at radius 2 is 2.00 bits per heavy atom. The number of ketones is 1. The van der Waals surface area contributed by atoms with E-state index in [1.807, 2.05) is 6.92 Å². The molecule has 0 aromatic carbocycles. The van der Waals surface area contributed by atoms with Gasteiger partial charge in [0.1, 0.15) is 0 Å². The van der Waals surface area contributed by atoms with Gasteiger partial charge in [0.05, 0.1) is 6.04 Å². The Kier molecular flexibility index (Phi) is 2.70. The van der Waals surface area contributed by atoms with Crippen LogP contribution in [0.1, 0.15) is 13.3 Å². The highest BCUT2D eigenvalue weighted by atomic mass is 16.1. The van der Waals surface area contributed by atoms with Crippen LogP contribution in [0.4, 0.5) is 0 Å². The van der Waals surface area contributed by atoms with E-state index in [9.17, 15) is 4.79 Å². The number of carbonyl (C=O) groups is 1. The molecule has 3 aliphatic rings. The summed E-state index contributed by atoms with van der Waals surface area (Å²) in [6, 6.07) is 0.147. The molecule has 0 radical (unpaired) electrons. The molecule has 0 amide bonds. The molecule has 3 aliphatic heterocycles. The number of fused-ring (bicyclic) bond motifs is 3. The lowest BCUT2D eigenvalue weighted by atomic mass is 9.99. The topological polar surface area (TPSA) is 23.6 Å².